The summed E-state index contributed by atoms with van der Waals surface area (Å²) in [6.07, 6.45) is 0.542. The lowest BCUT2D eigenvalue weighted by Crippen LogP contribution is -2.25. The molecule has 0 saturated carbocycles. The Bertz CT molecular complexity index is 816. The molecule has 4 heteroatoms. The molecule has 0 aliphatic heterocycles. The van der Waals surface area contributed by atoms with Gasteiger partial charge in [-0.1, -0.05) is 48.5 Å². The van der Waals surface area contributed by atoms with Crippen molar-refractivity contribution in [2.75, 3.05) is 13.2 Å². The second-order valence-electron chi connectivity index (χ2n) is 5.27. The summed E-state index contributed by atoms with van der Waals surface area (Å²) in [7, 11) is 0. The number of hydrogen-bond acceptors (Lipinski definition) is 3. The van der Waals surface area contributed by atoms with Crippen LogP contribution in [0.1, 0.15) is 16.8 Å². The molecule has 0 bridgehead atoms. The summed E-state index contributed by atoms with van der Waals surface area (Å²) in [4.78, 5) is 17.2. The maximum atomic E-state index is 12.5. The Kier molecular flexibility index (Phi) is 4.64. The SMILES string of the molecule is O=C(NCCCO)c1cc(-c2ccccc2)nc2ccccc12. The van der Waals surface area contributed by atoms with E-state index in [9.17, 15) is 4.79 Å². The monoisotopic (exact) mass is 306 g/mol. The van der Waals surface area contributed by atoms with Crippen LogP contribution in [0.4, 0.5) is 0 Å². The minimum atomic E-state index is -0.144. The van der Waals surface area contributed by atoms with Gasteiger partial charge in [0.05, 0.1) is 16.8 Å². The fourth-order valence-electron chi connectivity index (χ4n) is 2.50. The molecule has 3 aromatic rings. The van der Waals surface area contributed by atoms with E-state index < -0.39 is 0 Å². The number of pyridine rings is 1. The van der Waals surface area contributed by atoms with Crippen molar-refractivity contribution in [3.8, 4) is 11.3 Å². The zero-order valence-corrected chi connectivity index (χ0v) is 12.7. The highest BCUT2D eigenvalue weighted by Gasteiger charge is 2.13. The molecule has 2 aromatic carbocycles. The molecule has 0 saturated heterocycles. The fourth-order valence-corrected chi connectivity index (χ4v) is 2.50. The van der Waals surface area contributed by atoms with Crippen molar-refractivity contribution in [2.45, 2.75) is 6.42 Å². The summed E-state index contributed by atoms with van der Waals surface area (Å²) in [5, 5.41) is 12.5. The Morgan fingerprint density at radius 1 is 1.04 bits per heavy atom. The Balaban J connectivity index is 2.06. The van der Waals surface area contributed by atoms with Crippen LogP contribution in [0.15, 0.2) is 60.7 Å². The minimum Gasteiger partial charge on any atom is -0.396 e. The highest BCUT2D eigenvalue weighted by Crippen LogP contribution is 2.24. The zero-order chi connectivity index (χ0) is 16.1. The van der Waals surface area contributed by atoms with Gasteiger partial charge in [-0.15, -0.1) is 0 Å². The van der Waals surface area contributed by atoms with Gasteiger partial charge in [-0.05, 0) is 18.6 Å². The summed E-state index contributed by atoms with van der Waals surface area (Å²) in [5.41, 5.74) is 3.15. The second-order valence-corrected chi connectivity index (χ2v) is 5.27. The summed E-state index contributed by atoms with van der Waals surface area (Å²) in [6, 6.07) is 19.3. The number of para-hydroxylation sites is 1. The van der Waals surface area contributed by atoms with E-state index in [0.717, 1.165) is 22.2 Å². The van der Waals surface area contributed by atoms with E-state index in [-0.39, 0.29) is 12.5 Å². The first-order valence-corrected chi connectivity index (χ1v) is 7.64. The molecular weight excluding hydrogens is 288 g/mol. The maximum absolute atomic E-state index is 12.5. The summed E-state index contributed by atoms with van der Waals surface area (Å²) in [5.74, 6) is -0.144. The summed E-state index contributed by atoms with van der Waals surface area (Å²) in [6.45, 7) is 0.513. The number of nitrogens with zero attached hydrogens (tertiary/aromatic N) is 1. The van der Waals surface area contributed by atoms with Crippen LogP contribution in [0.3, 0.4) is 0 Å². The van der Waals surface area contributed by atoms with Crippen LogP contribution < -0.4 is 5.32 Å². The first-order valence-electron chi connectivity index (χ1n) is 7.64. The van der Waals surface area contributed by atoms with Gasteiger partial charge in [-0.3, -0.25) is 4.79 Å². The average molecular weight is 306 g/mol. The van der Waals surface area contributed by atoms with Crippen molar-refractivity contribution in [1.29, 1.82) is 0 Å². The molecule has 0 aliphatic rings. The van der Waals surface area contributed by atoms with Crippen molar-refractivity contribution in [3.05, 3.63) is 66.2 Å². The lowest BCUT2D eigenvalue weighted by atomic mass is 10.0. The van der Waals surface area contributed by atoms with Crippen LogP contribution in [0.25, 0.3) is 22.2 Å². The standard InChI is InChI=1S/C19H18N2O2/c22-12-6-11-20-19(23)16-13-18(14-7-2-1-3-8-14)21-17-10-5-4-9-15(16)17/h1-5,7-10,13,22H,6,11-12H2,(H,20,23). The number of fused-ring (bicyclic) bond motifs is 1. The Hall–Kier alpha value is -2.72. The lowest BCUT2D eigenvalue weighted by molar-refractivity contribution is 0.0953. The van der Waals surface area contributed by atoms with Crippen molar-refractivity contribution in [3.63, 3.8) is 0 Å². The van der Waals surface area contributed by atoms with Gasteiger partial charge in [0, 0.05) is 24.1 Å². The number of carbonyl (C=O) groups excluding carboxylic acids is 1. The second kappa shape index (κ2) is 7.03. The Morgan fingerprint density at radius 3 is 2.57 bits per heavy atom. The highest BCUT2D eigenvalue weighted by molar-refractivity contribution is 6.07. The van der Waals surface area contributed by atoms with E-state index in [1.165, 1.54) is 0 Å². The maximum Gasteiger partial charge on any atom is 0.252 e. The molecule has 0 fully saturated rings. The third-order valence-electron chi connectivity index (χ3n) is 3.65. The highest BCUT2D eigenvalue weighted by atomic mass is 16.3. The normalized spacial score (nSPS) is 10.7. The van der Waals surface area contributed by atoms with Crippen LogP contribution in [-0.2, 0) is 0 Å². The molecule has 1 aromatic heterocycles. The van der Waals surface area contributed by atoms with Crippen molar-refractivity contribution in [2.24, 2.45) is 0 Å². The number of aromatic nitrogens is 1. The molecule has 23 heavy (non-hydrogen) atoms. The molecule has 3 rings (SSSR count). The number of benzene rings is 2. The molecule has 1 heterocycles. The van der Waals surface area contributed by atoms with Crippen LogP contribution in [0, 0.1) is 0 Å². The molecule has 2 N–H and O–H groups in total. The van der Waals surface area contributed by atoms with Gasteiger partial charge in [-0.2, -0.15) is 0 Å². The number of aliphatic hydroxyl groups excluding tert-OH is 1. The topological polar surface area (TPSA) is 62.2 Å². The first-order chi connectivity index (χ1) is 11.3. The van der Waals surface area contributed by atoms with E-state index >= 15 is 0 Å². The number of nitrogens with one attached hydrogen (secondary N) is 1. The third-order valence-corrected chi connectivity index (χ3v) is 3.65. The first kappa shape index (κ1) is 15.2. The quantitative estimate of drug-likeness (QED) is 0.712. The summed E-state index contributed by atoms with van der Waals surface area (Å²) >= 11 is 0. The number of rotatable bonds is 5. The van der Waals surface area contributed by atoms with E-state index in [2.05, 4.69) is 10.3 Å². The fraction of sp³-hybridized carbons (Fsp3) is 0.158. The van der Waals surface area contributed by atoms with Gasteiger partial charge < -0.3 is 10.4 Å². The predicted molar refractivity (Wildman–Crippen MR) is 91.2 cm³/mol. The largest absolute Gasteiger partial charge is 0.396 e. The van der Waals surface area contributed by atoms with Crippen LogP contribution in [-0.4, -0.2) is 29.1 Å². The number of aliphatic hydroxyl groups is 1. The van der Waals surface area contributed by atoms with Crippen LogP contribution in [0.5, 0.6) is 0 Å². The average Bonchev–Trinajstić information content (AvgIpc) is 2.61. The van der Waals surface area contributed by atoms with E-state index in [0.29, 0.717) is 18.5 Å². The zero-order valence-electron chi connectivity index (χ0n) is 12.7. The summed E-state index contributed by atoms with van der Waals surface area (Å²) < 4.78 is 0. The molecule has 116 valence electrons. The smallest absolute Gasteiger partial charge is 0.252 e. The van der Waals surface area contributed by atoms with Gasteiger partial charge in [0.15, 0.2) is 0 Å². The minimum absolute atomic E-state index is 0.0621. The Labute approximate surface area is 134 Å². The van der Waals surface area contributed by atoms with Crippen LogP contribution >= 0.6 is 0 Å². The number of hydrogen-bond donors (Lipinski definition) is 2. The van der Waals surface area contributed by atoms with E-state index in [4.69, 9.17) is 5.11 Å². The number of amides is 1. The molecule has 0 aliphatic carbocycles. The molecule has 0 unspecified atom stereocenters. The van der Waals surface area contributed by atoms with E-state index in [1.807, 2.05) is 60.7 Å². The van der Waals surface area contributed by atoms with Gasteiger partial charge in [0.25, 0.3) is 5.91 Å². The van der Waals surface area contributed by atoms with Gasteiger partial charge in [0.1, 0.15) is 0 Å². The predicted octanol–water partition coefficient (Wildman–Crippen LogP) is 3.01. The molecule has 0 spiro atoms. The molecule has 4 nitrogen and oxygen atoms in total. The lowest BCUT2D eigenvalue weighted by Gasteiger charge is -2.10. The van der Waals surface area contributed by atoms with E-state index in [1.54, 1.807) is 0 Å². The third kappa shape index (κ3) is 3.38. The van der Waals surface area contributed by atoms with Gasteiger partial charge >= 0.3 is 0 Å². The van der Waals surface area contributed by atoms with Crippen molar-refractivity contribution in [1.82, 2.24) is 10.3 Å². The Morgan fingerprint density at radius 2 is 1.78 bits per heavy atom. The number of carbonyl (C=O) groups is 1. The van der Waals surface area contributed by atoms with Crippen molar-refractivity contribution < 1.29 is 9.90 Å². The molecular formula is C19H18N2O2. The van der Waals surface area contributed by atoms with Gasteiger partial charge in [-0.25, -0.2) is 4.98 Å². The molecule has 1 amide bonds. The van der Waals surface area contributed by atoms with Crippen LogP contribution in [0.2, 0.25) is 0 Å². The molecule has 0 atom stereocenters. The molecule has 0 radical (unpaired) electrons. The van der Waals surface area contributed by atoms with Crippen molar-refractivity contribution >= 4 is 16.8 Å². The van der Waals surface area contributed by atoms with Gasteiger partial charge in [0.2, 0.25) is 0 Å².